The van der Waals surface area contributed by atoms with Gasteiger partial charge in [-0.25, -0.2) is 0 Å². The lowest BCUT2D eigenvalue weighted by Gasteiger charge is -2.25. The Morgan fingerprint density at radius 1 is 1.44 bits per heavy atom. The minimum atomic E-state index is 0.366. The van der Waals surface area contributed by atoms with E-state index in [1.54, 1.807) is 0 Å². The first-order valence-corrected chi connectivity index (χ1v) is 6.44. The fraction of sp³-hybridized carbons (Fsp3) is 0.429. The standard InChI is InChI=1S/C14H18N4/c1-10-12(6-4-8-15-10)17-13-5-3-7-14-11(13)9-16-18(14)2/h4,6,8-9,13,17H,3,5,7H2,1-2H3. The van der Waals surface area contributed by atoms with Crippen LogP contribution in [0.4, 0.5) is 5.69 Å². The van der Waals surface area contributed by atoms with Crippen molar-refractivity contribution in [1.82, 2.24) is 14.8 Å². The Labute approximate surface area is 107 Å². The molecule has 2 heterocycles. The molecular formula is C14H18N4. The van der Waals surface area contributed by atoms with E-state index in [2.05, 4.69) is 21.5 Å². The number of nitrogens with zero attached hydrogens (tertiary/aromatic N) is 3. The molecule has 2 aromatic heterocycles. The highest BCUT2D eigenvalue weighted by molar-refractivity contribution is 5.49. The minimum absolute atomic E-state index is 0.366. The summed E-state index contributed by atoms with van der Waals surface area (Å²) < 4.78 is 2.00. The summed E-state index contributed by atoms with van der Waals surface area (Å²) >= 11 is 0. The second-order valence-electron chi connectivity index (χ2n) is 4.90. The number of fused-ring (bicyclic) bond motifs is 1. The molecule has 1 unspecified atom stereocenters. The molecule has 1 N–H and O–H groups in total. The summed E-state index contributed by atoms with van der Waals surface area (Å²) in [4.78, 5) is 4.32. The van der Waals surface area contributed by atoms with Gasteiger partial charge in [0.1, 0.15) is 0 Å². The Bertz CT molecular complexity index is 559. The molecule has 1 atom stereocenters. The Kier molecular flexibility index (Phi) is 2.78. The van der Waals surface area contributed by atoms with Crippen molar-refractivity contribution in [1.29, 1.82) is 0 Å². The topological polar surface area (TPSA) is 42.7 Å². The normalized spacial score (nSPS) is 18.4. The van der Waals surface area contributed by atoms with Gasteiger partial charge in [0.15, 0.2) is 0 Å². The molecule has 0 fully saturated rings. The van der Waals surface area contributed by atoms with E-state index in [4.69, 9.17) is 0 Å². The lowest BCUT2D eigenvalue weighted by molar-refractivity contribution is 0.571. The van der Waals surface area contributed by atoms with Crippen LogP contribution in [0.15, 0.2) is 24.5 Å². The lowest BCUT2D eigenvalue weighted by Crippen LogP contribution is -2.18. The average molecular weight is 242 g/mol. The maximum Gasteiger partial charge on any atom is 0.0603 e. The molecule has 0 bridgehead atoms. The SMILES string of the molecule is Cc1ncccc1NC1CCCc2c1cnn2C. The van der Waals surface area contributed by atoms with Crippen LogP contribution in [0, 0.1) is 6.92 Å². The van der Waals surface area contributed by atoms with Gasteiger partial charge in [-0.05, 0) is 38.3 Å². The van der Waals surface area contributed by atoms with E-state index in [1.165, 1.54) is 17.7 Å². The van der Waals surface area contributed by atoms with Crippen molar-refractivity contribution >= 4 is 5.69 Å². The fourth-order valence-electron chi connectivity index (χ4n) is 2.68. The molecule has 18 heavy (non-hydrogen) atoms. The van der Waals surface area contributed by atoms with E-state index in [-0.39, 0.29) is 0 Å². The molecule has 0 amide bonds. The van der Waals surface area contributed by atoms with Crippen LogP contribution < -0.4 is 5.32 Å². The van der Waals surface area contributed by atoms with Crippen LogP contribution in [-0.2, 0) is 13.5 Å². The van der Waals surface area contributed by atoms with Gasteiger partial charge < -0.3 is 5.32 Å². The summed E-state index contributed by atoms with van der Waals surface area (Å²) in [5, 5.41) is 7.98. The van der Waals surface area contributed by atoms with Gasteiger partial charge in [-0.15, -0.1) is 0 Å². The van der Waals surface area contributed by atoms with Crippen LogP contribution in [0.1, 0.15) is 35.8 Å². The summed E-state index contributed by atoms with van der Waals surface area (Å²) in [6.45, 7) is 2.04. The van der Waals surface area contributed by atoms with Gasteiger partial charge in [0.05, 0.1) is 23.6 Å². The number of nitrogens with one attached hydrogen (secondary N) is 1. The maximum absolute atomic E-state index is 4.37. The molecule has 0 spiro atoms. The summed E-state index contributed by atoms with van der Waals surface area (Å²) in [7, 11) is 2.02. The number of hydrogen-bond acceptors (Lipinski definition) is 3. The van der Waals surface area contributed by atoms with Crippen LogP contribution in [0.3, 0.4) is 0 Å². The number of aryl methyl sites for hydroxylation is 2. The summed E-state index contributed by atoms with van der Waals surface area (Å²) in [6.07, 6.45) is 7.33. The zero-order valence-corrected chi connectivity index (χ0v) is 10.8. The number of rotatable bonds is 2. The van der Waals surface area contributed by atoms with Crippen LogP contribution in [0.2, 0.25) is 0 Å². The quantitative estimate of drug-likeness (QED) is 0.880. The third-order valence-electron chi connectivity index (χ3n) is 3.71. The predicted molar refractivity (Wildman–Crippen MR) is 71.5 cm³/mol. The predicted octanol–water partition coefficient (Wildman–Crippen LogP) is 2.61. The van der Waals surface area contributed by atoms with Gasteiger partial charge in [-0.3, -0.25) is 9.67 Å². The van der Waals surface area contributed by atoms with E-state index in [1.807, 2.05) is 37.1 Å². The smallest absolute Gasteiger partial charge is 0.0603 e. The van der Waals surface area contributed by atoms with Gasteiger partial charge in [0.2, 0.25) is 0 Å². The van der Waals surface area contributed by atoms with Gasteiger partial charge in [-0.1, -0.05) is 0 Å². The largest absolute Gasteiger partial charge is 0.377 e. The second kappa shape index (κ2) is 4.44. The first kappa shape index (κ1) is 11.3. The first-order valence-electron chi connectivity index (χ1n) is 6.44. The van der Waals surface area contributed by atoms with Crippen molar-refractivity contribution in [2.75, 3.05) is 5.32 Å². The molecule has 0 aromatic carbocycles. The Hall–Kier alpha value is -1.84. The minimum Gasteiger partial charge on any atom is -0.377 e. The Morgan fingerprint density at radius 2 is 2.33 bits per heavy atom. The number of hydrogen-bond donors (Lipinski definition) is 1. The molecule has 0 saturated carbocycles. The summed E-state index contributed by atoms with van der Waals surface area (Å²) in [5.41, 5.74) is 4.88. The second-order valence-corrected chi connectivity index (χ2v) is 4.90. The fourth-order valence-corrected chi connectivity index (χ4v) is 2.68. The molecular weight excluding hydrogens is 224 g/mol. The third kappa shape index (κ3) is 1.88. The molecule has 1 aliphatic rings. The van der Waals surface area contributed by atoms with Gasteiger partial charge >= 0.3 is 0 Å². The highest BCUT2D eigenvalue weighted by Gasteiger charge is 2.23. The van der Waals surface area contributed by atoms with Crippen molar-refractivity contribution in [2.45, 2.75) is 32.2 Å². The zero-order valence-electron chi connectivity index (χ0n) is 10.8. The number of pyridine rings is 1. The summed E-state index contributed by atoms with van der Waals surface area (Å²) in [6, 6.07) is 4.43. The van der Waals surface area contributed by atoms with Gasteiger partial charge in [0, 0.05) is 24.5 Å². The molecule has 0 aliphatic heterocycles. The molecule has 3 rings (SSSR count). The van der Waals surface area contributed by atoms with Gasteiger partial charge in [-0.2, -0.15) is 5.10 Å². The van der Waals surface area contributed by atoms with Crippen LogP contribution >= 0.6 is 0 Å². The third-order valence-corrected chi connectivity index (χ3v) is 3.71. The molecule has 4 heteroatoms. The highest BCUT2D eigenvalue weighted by atomic mass is 15.3. The molecule has 1 aliphatic carbocycles. The van der Waals surface area contributed by atoms with E-state index in [0.717, 1.165) is 24.2 Å². The molecule has 0 radical (unpaired) electrons. The summed E-state index contributed by atoms with van der Waals surface area (Å²) in [5.74, 6) is 0. The molecule has 94 valence electrons. The van der Waals surface area contributed by atoms with Crippen molar-refractivity contribution in [3.63, 3.8) is 0 Å². The van der Waals surface area contributed by atoms with Crippen LogP contribution in [-0.4, -0.2) is 14.8 Å². The van der Waals surface area contributed by atoms with E-state index >= 15 is 0 Å². The Morgan fingerprint density at radius 3 is 3.17 bits per heavy atom. The number of aromatic nitrogens is 3. The number of anilines is 1. The van der Waals surface area contributed by atoms with Crippen molar-refractivity contribution < 1.29 is 0 Å². The molecule has 0 saturated heterocycles. The van der Waals surface area contributed by atoms with Crippen LogP contribution in [0.5, 0.6) is 0 Å². The van der Waals surface area contributed by atoms with E-state index < -0.39 is 0 Å². The maximum atomic E-state index is 4.37. The monoisotopic (exact) mass is 242 g/mol. The average Bonchev–Trinajstić information content (AvgIpc) is 2.76. The van der Waals surface area contributed by atoms with Gasteiger partial charge in [0.25, 0.3) is 0 Å². The molecule has 2 aromatic rings. The van der Waals surface area contributed by atoms with Crippen molar-refractivity contribution in [2.24, 2.45) is 7.05 Å². The Balaban J connectivity index is 1.89. The lowest BCUT2D eigenvalue weighted by atomic mass is 9.93. The van der Waals surface area contributed by atoms with E-state index in [9.17, 15) is 0 Å². The van der Waals surface area contributed by atoms with E-state index in [0.29, 0.717) is 6.04 Å². The zero-order chi connectivity index (χ0) is 12.5. The first-order chi connectivity index (χ1) is 8.75. The highest BCUT2D eigenvalue weighted by Crippen LogP contribution is 2.32. The van der Waals surface area contributed by atoms with Crippen LogP contribution in [0.25, 0.3) is 0 Å². The van der Waals surface area contributed by atoms with Crippen molar-refractivity contribution in [3.8, 4) is 0 Å². The van der Waals surface area contributed by atoms with Crippen molar-refractivity contribution in [3.05, 3.63) is 41.5 Å². The molecule has 4 nitrogen and oxygen atoms in total.